The number of alkyl halides is 3. The van der Waals surface area contributed by atoms with Crippen molar-refractivity contribution in [1.82, 2.24) is 29.9 Å². The molecular formula is C23H24F3N7O2. The average molecular weight is 487 g/mol. The summed E-state index contributed by atoms with van der Waals surface area (Å²) in [5, 5.41) is 9.31. The van der Waals surface area contributed by atoms with Crippen LogP contribution in [-0.2, 0) is 17.5 Å². The van der Waals surface area contributed by atoms with Crippen molar-refractivity contribution in [3.63, 3.8) is 0 Å². The van der Waals surface area contributed by atoms with E-state index in [0.717, 1.165) is 11.6 Å². The number of hydrogen-bond donors (Lipinski definition) is 2. The number of aromatic nitrogens is 3. The van der Waals surface area contributed by atoms with E-state index in [1.165, 1.54) is 18.2 Å². The maximum absolute atomic E-state index is 13.1. The molecule has 1 saturated heterocycles. The van der Waals surface area contributed by atoms with Gasteiger partial charge in [-0.05, 0) is 29.8 Å². The highest BCUT2D eigenvalue weighted by atomic mass is 19.4. The summed E-state index contributed by atoms with van der Waals surface area (Å²) in [4.78, 5) is 32.6. The minimum absolute atomic E-state index is 0.0596. The Bertz CT molecular complexity index is 1140. The van der Waals surface area contributed by atoms with Gasteiger partial charge in [-0.2, -0.15) is 18.3 Å². The number of carbonyl (C=O) groups excluding carboxylic acids is 2. The minimum atomic E-state index is -4.55. The zero-order valence-electron chi connectivity index (χ0n) is 18.7. The molecule has 0 radical (unpaired) electrons. The minimum Gasteiger partial charge on any atom is -0.334 e. The fraction of sp³-hybridized carbons (Fsp3) is 0.304. The van der Waals surface area contributed by atoms with E-state index in [1.807, 2.05) is 12.1 Å². The molecule has 2 aromatic heterocycles. The van der Waals surface area contributed by atoms with Crippen molar-refractivity contribution in [2.24, 2.45) is 0 Å². The highest BCUT2D eigenvalue weighted by Crippen LogP contribution is 2.34. The molecule has 1 aliphatic rings. The Morgan fingerprint density at radius 2 is 1.77 bits per heavy atom. The number of hydrogen-bond acceptors (Lipinski definition) is 5. The zero-order chi connectivity index (χ0) is 24.8. The van der Waals surface area contributed by atoms with Gasteiger partial charge in [-0.15, -0.1) is 0 Å². The number of piperazine rings is 1. The number of anilines is 1. The van der Waals surface area contributed by atoms with E-state index in [-0.39, 0.29) is 18.3 Å². The summed E-state index contributed by atoms with van der Waals surface area (Å²) in [6.45, 7) is 1.91. The summed E-state index contributed by atoms with van der Waals surface area (Å²) in [5.41, 5.74) is -0.320. The van der Waals surface area contributed by atoms with Gasteiger partial charge >= 0.3 is 12.2 Å². The van der Waals surface area contributed by atoms with Crippen LogP contribution < -0.4 is 10.6 Å². The maximum atomic E-state index is 13.1. The molecule has 1 fully saturated rings. The predicted octanol–water partition coefficient (Wildman–Crippen LogP) is 2.75. The topological polar surface area (TPSA) is 95.4 Å². The van der Waals surface area contributed by atoms with E-state index in [0.29, 0.717) is 38.5 Å². The lowest BCUT2D eigenvalue weighted by atomic mass is 10.1. The molecule has 184 valence electrons. The number of nitrogens with one attached hydrogen (secondary N) is 2. The summed E-state index contributed by atoms with van der Waals surface area (Å²) in [7, 11) is 0. The van der Waals surface area contributed by atoms with Crippen molar-refractivity contribution in [3.8, 4) is 5.82 Å². The number of carbonyl (C=O) groups is 2. The Morgan fingerprint density at radius 3 is 2.43 bits per heavy atom. The summed E-state index contributed by atoms with van der Waals surface area (Å²) in [6.07, 6.45) is 0.564. The van der Waals surface area contributed by atoms with Gasteiger partial charge in [-0.3, -0.25) is 9.69 Å². The highest BCUT2D eigenvalue weighted by Gasteiger charge is 2.33. The SMILES string of the molecule is O=C(CN1CCN(C(=O)NCc2ccc(-n3cccn3)nc2)CC1)Nc1ccccc1C(F)(F)F. The zero-order valence-corrected chi connectivity index (χ0v) is 18.7. The van der Waals surface area contributed by atoms with Crippen LogP contribution in [-0.4, -0.2) is 69.2 Å². The van der Waals surface area contributed by atoms with E-state index in [1.54, 1.807) is 39.1 Å². The summed E-state index contributed by atoms with van der Waals surface area (Å²) in [6, 6.07) is 10.1. The Morgan fingerprint density at radius 1 is 1.00 bits per heavy atom. The molecule has 0 saturated carbocycles. The Kier molecular flexibility index (Phi) is 7.30. The lowest BCUT2D eigenvalue weighted by Crippen LogP contribution is -2.52. The first kappa shape index (κ1) is 24.2. The molecule has 3 amide bonds. The largest absolute Gasteiger partial charge is 0.418 e. The third kappa shape index (κ3) is 6.35. The van der Waals surface area contributed by atoms with Gasteiger partial charge in [0, 0.05) is 51.3 Å². The number of rotatable bonds is 6. The first-order valence-electron chi connectivity index (χ1n) is 11.0. The quantitative estimate of drug-likeness (QED) is 0.558. The van der Waals surface area contributed by atoms with Crippen LogP contribution in [0.15, 0.2) is 61.1 Å². The van der Waals surface area contributed by atoms with Crippen molar-refractivity contribution in [2.75, 3.05) is 38.0 Å². The van der Waals surface area contributed by atoms with Crippen LogP contribution in [0.3, 0.4) is 0 Å². The molecule has 2 N–H and O–H groups in total. The maximum Gasteiger partial charge on any atom is 0.418 e. The van der Waals surface area contributed by atoms with Crippen LogP contribution in [0.4, 0.5) is 23.7 Å². The molecule has 0 unspecified atom stereocenters. The molecular weight excluding hydrogens is 463 g/mol. The highest BCUT2D eigenvalue weighted by molar-refractivity contribution is 5.93. The monoisotopic (exact) mass is 487 g/mol. The summed E-state index contributed by atoms with van der Waals surface area (Å²) in [5.74, 6) is 0.137. The van der Waals surface area contributed by atoms with Crippen LogP contribution >= 0.6 is 0 Å². The third-order valence-electron chi connectivity index (χ3n) is 5.53. The van der Waals surface area contributed by atoms with Crippen LogP contribution in [0.2, 0.25) is 0 Å². The molecule has 0 atom stereocenters. The molecule has 0 bridgehead atoms. The fourth-order valence-corrected chi connectivity index (χ4v) is 3.69. The molecule has 0 spiro atoms. The van der Waals surface area contributed by atoms with Crippen molar-refractivity contribution in [2.45, 2.75) is 12.7 Å². The predicted molar refractivity (Wildman–Crippen MR) is 122 cm³/mol. The van der Waals surface area contributed by atoms with Crippen molar-refractivity contribution < 1.29 is 22.8 Å². The van der Waals surface area contributed by atoms with Crippen LogP contribution in [0.1, 0.15) is 11.1 Å². The second kappa shape index (κ2) is 10.6. The van der Waals surface area contributed by atoms with Gasteiger partial charge in [0.15, 0.2) is 5.82 Å². The Hall–Kier alpha value is -3.93. The summed E-state index contributed by atoms with van der Waals surface area (Å²) >= 11 is 0. The molecule has 1 aliphatic heterocycles. The van der Waals surface area contributed by atoms with E-state index in [2.05, 4.69) is 20.7 Å². The van der Waals surface area contributed by atoms with Crippen LogP contribution in [0.5, 0.6) is 0 Å². The third-order valence-corrected chi connectivity index (χ3v) is 5.53. The molecule has 1 aromatic carbocycles. The molecule has 9 nitrogen and oxygen atoms in total. The fourth-order valence-electron chi connectivity index (χ4n) is 3.69. The van der Waals surface area contributed by atoms with E-state index >= 15 is 0 Å². The summed E-state index contributed by atoms with van der Waals surface area (Å²) < 4.78 is 41.0. The lowest BCUT2D eigenvalue weighted by molar-refractivity contribution is -0.137. The standard InChI is InChI=1S/C23H24F3N7O2/c24-23(25,26)18-4-1-2-5-19(18)30-21(34)16-31-10-12-32(13-11-31)22(35)28-15-17-6-7-20(27-14-17)33-9-3-8-29-33/h1-9,14H,10-13,15-16H2,(H,28,35)(H,30,34). The molecule has 3 aromatic rings. The second-order valence-electron chi connectivity index (χ2n) is 7.99. The number of nitrogens with zero attached hydrogens (tertiary/aromatic N) is 5. The Balaban J connectivity index is 1.21. The first-order chi connectivity index (χ1) is 16.8. The average Bonchev–Trinajstić information content (AvgIpc) is 3.38. The van der Waals surface area contributed by atoms with E-state index in [4.69, 9.17) is 0 Å². The molecule has 0 aliphatic carbocycles. The van der Waals surface area contributed by atoms with Crippen molar-refractivity contribution in [3.05, 3.63) is 72.2 Å². The smallest absolute Gasteiger partial charge is 0.334 e. The molecule has 12 heteroatoms. The van der Waals surface area contributed by atoms with E-state index < -0.39 is 17.6 Å². The number of amides is 3. The van der Waals surface area contributed by atoms with Crippen LogP contribution in [0.25, 0.3) is 5.82 Å². The second-order valence-corrected chi connectivity index (χ2v) is 7.99. The molecule has 3 heterocycles. The van der Waals surface area contributed by atoms with Gasteiger partial charge in [0.1, 0.15) is 0 Å². The molecule has 35 heavy (non-hydrogen) atoms. The number of halogens is 3. The number of pyridine rings is 1. The Labute approximate surface area is 199 Å². The number of urea groups is 1. The van der Waals surface area contributed by atoms with E-state index in [9.17, 15) is 22.8 Å². The van der Waals surface area contributed by atoms with Crippen molar-refractivity contribution in [1.29, 1.82) is 0 Å². The van der Waals surface area contributed by atoms with Gasteiger partial charge in [-0.1, -0.05) is 18.2 Å². The van der Waals surface area contributed by atoms with Crippen molar-refractivity contribution >= 4 is 17.6 Å². The molecule has 4 rings (SSSR count). The van der Waals surface area contributed by atoms with Gasteiger partial charge < -0.3 is 15.5 Å². The number of para-hydroxylation sites is 1. The lowest BCUT2D eigenvalue weighted by Gasteiger charge is -2.34. The van der Waals surface area contributed by atoms with Gasteiger partial charge in [0.05, 0.1) is 17.8 Å². The van der Waals surface area contributed by atoms with Gasteiger partial charge in [0.25, 0.3) is 0 Å². The van der Waals surface area contributed by atoms with Gasteiger partial charge in [-0.25, -0.2) is 14.5 Å². The van der Waals surface area contributed by atoms with Gasteiger partial charge in [0.2, 0.25) is 5.91 Å². The number of benzene rings is 1. The normalized spacial score (nSPS) is 14.5. The van der Waals surface area contributed by atoms with Crippen LogP contribution in [0, 0.1) is 0 Å². The first-order valence-corrected chi connectivity index (χ1v) is 11.0.